The maximum Gasteiger partial charge on any atom is 0.181 e. The van der Waals surface area contributed by atoms with E-state index in [4.69, 9.17) is 5.11 Å². The topological polar surface area (TPSA) is 37.3 Å². The maximum atomic E-state index is 10.6. The van der Waals surface area contributed by atoms with Crippen LogP contribution in [-0.2, 0) is 4.79 Å². The fourth-order valence-electron chi connectivity index (χ4n) is 0.416. The molecule has 0 aliphatic rings. The number of carbonyl (C=O) groups excluding carboxylic acids is 1. The minimum atomic E-state index is -0.184. The van der Waals surface area contributed by atoms with Gasteiger partial charge in [-0.2, -0.15) is 0 Å². The minimum absolute atomic E-state index is 0.184. The molecule has 56 valence electrons. The molecule has 0 radical (unpaired) electrons. The van der Waals surface area contributed by atoms with Crippen LogP contribution in [0.5, 0.6) is 0 Å². The molecule has 0 bridgehead atoms. The van der Waals surface area contributed by atoms with Crippen LogP contribution in [0, 0.1) is 5.92 Å². The summed E-state index contributed by atoms with van der Waals surface area (Å²) < 4.78 is 0. The van der Waals surface area contributed by atoms with Crippen LogP contribution in [-0.4, -0.2) is 10.9 Å². The third-order valence-corrected chi connectivity index (χ3v) is 0.884. The van der Waals surface area contributed by atoms with Crippen LogP contribution in [0.4, 0.5) is 0 Å². The van der Waals surface area contributed by atoms with Gasteiger partial charge in [0.2, 0.25) is 0 Å². The molecule has 0 aromatic carbocycles. The molecule has 0 atom stereocenters. The van der Waals surface area contributed by atoms with E-state index in [0.29, 0.717) is 5.92 Å². The van der Waals surface area contributed by atoms with Crippen molar-refractivity contribution < 1.29 is 9.90 Å². The molecule has 0 aromatic heterocycles. The predicted octanol–water partition coefficient (Wildman–Crippen LogP) is 1.84. The van der Waals surface area contributed by atoms with Crippen LogP contribution in [0.25, 0.3) is 0 Å². The summed E-state index contributed by atoms with van der Waals surface area (Å²) in [5, 5.41) is 8.17. The number of aliphatic hydroxyl groups excluding tert-OH is 1. The molecule has 1 N–H and O–H groups in total. The van der Waals surface area contributed by atoms with Crippen LogP contribution < -0.4 is 0 Å². The summed E-state index contributed by atoms with van der Waals surface area (Å²) in [5.74, 6) is 0.187. The van der Waals surface area contributed by atoms with Gasteiger partial charge in [0.15, 0.2) is 5.78 Å². The van der Waals surface area contributed by atoms with E-state index in [0.717, 1.165) is 12.3 Å². The van der Waals surface area contributed by atoms with Gasteiger partial charge in [-0.05, 0) is 12.0 Å². The quantitative estimate of drug-likeness (QED) is 0.479. The van der Waals surface area contributed by atoms with Crippen LogP contribution in [0.1, 0.15) is 13.8 Å². The number of rotatable bonds is 3. The molecular weight excluding hydrogens is 128 g/mol. The summed E-state index contributed by atoms with van der Waals surface area (Å²) in [7, 11) is 0. The average molecular weight is 140 g/mol. The second kappa shape index (κ2) is 4.79. The van der Waals surface area contributed by atoms with E-state index in [-0.39, 0.29) is 5.78 Å². The normalized spacial score (nSPS) is 11.9. The number of aliphatic hydroxyl groups is 1. The van der Waals surface area contributed by atoms with Gasteiger partial charge in [0.25, 0.3) is 0 Å². The summed E-state index contributed by atoms with van der Waals surface area (Å²) in [5.41, 5.74) is 0. The van der Waals surface area contributed by atoms with Gasteiger partial charge in [-0.25, -0.2) is 0 Å². The monoisotopic (exact) mass is 140 g/mol. The van der Waals surface area contributed by atoms with Crippen molar-refractivity contribution >= 4 is 5.78 Å². The predicted molar refractivity (Wildman–Crippen MR) is 40.8 cm³/mol. The van der Waals surface area contributed by atoms with E-state index in [1.165, 1.54) is 6.08 Å². The first kappa shape index (κ1) is 8.95. The summed E-state index contributed by atoms with van der Waals surface area (Å²) in [4.78, 5) is 10.6. The lowest BCUT2D eigenvalue weighted by molar-refractivity contribution is -0.110. The fraction of sp³-hybridized carbons (Fsp3) is 0.375. The molecule has 0 heterocycles. The van der Waals surface area contributed by atoms with Crippen LogP contribution in [0.2, 0.25) is 0 Å². The number of allylic oxidation sites excluding steroid dienone is 3. The molecule has 0 spiro atoms. The summed E-state index contributed by atoms with van der Waals surface area (Å²) in [6.45, 7) is 3.96. The second-order valence-electron chi connectivity index (χ2n) is 2.32. The Kier molecular flexibility index (Phi) is 4.29. The van der Waals surface area contributed by atoms with Crippen molar-refractivity contribution in [2.24, 2.45) is 5.92 Å². The first-order chi connectivity index (χ1) is 4.66. The van der Waals surface area contributed by atoms with Gasteiger partial charge < -0.3 is 5.11 Å². The van der Waals surface area contributed by atoms with Gasteiger partial charge in [0, 0.05) is 6.08 Å². The molecule has 0 amide bonds. The van der Waals surface area contributed by atoms with Crippen molar-refractivity contribution in [2.75, 3.05) is 0 Å². The van der Waals surface area contributed by atoms with Crippen LogP contribution in [0.15, 0.2) is 24.5 Å². The van der Waals surface area contributed by atoms with Gasteiger partial charge in [0.05, 0.1) is 6.26 Å². The van der Waals surface area contributed by atoms with Gasteiger partial charge in [-0.3, -0.25) is 4.79 Å². The number of hydrogen-bond acceptors (Lipinski definition) is 2. The van der Waals surface area contributed by atoms with Crippen molar-refractivity contribution in [3.63, 3.8) is 0 Å². The Morgan fingerprint density at radius 1 is 1.40 bits per heavy atom. The third-order valence-electron chi connectivity index (χ3n) is 0.884. The lowest BCUT2D eigenvalue weighted by Gasteiger charge is -1.89. The molecule has 2 heteroatoms. The molecule has 0 aliphatic carbocycles. The minimum Gasteiger partial charge on any atom is -0.515 e. The molecule has 0 aromatic rings. The largest absolute Gasteiger partial charge is 0.515 e. The van der Waals surface area contributed by atoms with E-state index < -0.39 is 0 Å². The maximum absolute atomic E-state index is 10.6. The van der Waals surface area contributed by atoms with E-state index in [9.17, 15) is 4.79 Å². The molecule has 10 heavy (non-hydrogen) atoms. The Morgan fingerprint density at radius 3 is 2.40 bits per heavy atom. The zero-order valence-electron chi connectivity index (χ0n) is 6.24. The average Bonchev–Trinajstić information content (AvgIpc) is 1.85. The molecule has 0 unspecified atom stereocenters. The summed E-state index contributed by atoms with van der Waals surface area (Å²) in [6, 6.07) is 0. The molecule has 0 saturated heterocycles. The second-order valence-corrected chi connectivity index (χ2v) is 2.32. The Morgan fingerprint density at radius 2 is 2.00 bits per heavy atom. The smallest absolute Gasteiger partial charge is 0.181 e. The highest BCUT2D eigenvalue weighted by atomic mass is 16.2. The van der Waals surface area contributed by atoms with Crippen molar-refractivity contribution in [1.82, 2.24) is 0 Å². The fourth-order valence-corrected chi connectivity index (χ4v) is 0.416. The number of ketones is 1. The van der Waals surface area contributed by atoms with Gasteiger partial charge >= 0.3 is 0 Å². The van der Waals surface area contributed by atoms with Crippen molar-refractivity contribution in [3.05, 3.63) is 24.5 Å². The Bertz CT molecular complexity index is 155. The molecule has 0 saturated carbocycles. The van der Waals surface area contributed by atoms with Crippen molar-refractivity contribution in [1.29, 1.82) is 0 Å². The zero-order valence-corrected chi connectivity index (χ0v) is 6.24. The lowest BCUT2D eigenvalue weighted by atomic mass is 10.2. The SMILES string of the molecule is CC(C)C=CC(=O)C=CO. The highest BCUT2D eigenvalue weighted by molar-refractivity contribution is 5.98. The highest BCUT2D eigenvalue weighted by Crippen LogP contribution is 1.93. The molecule has 0 aliphatic heterocycles. The third kappa shape index (κ3) is 5.09. The van der Waals surface area contributed by atoms with E-state index >= 15 is 0 Å². The van der Waals surface area contributed by atoms with E-state index in [1.54, 1.807) is 6.08 Å². The number of hydrogen-bond donors (Lipinski definition) is 1. The van der Waals surface area contributed by atoms with Crippen LogP contribution >= 0.6 is 0 Å². The lowest BCUT2D eigenvalue weighted by Crippen LogP contribution is -1.86. The summed E-state index contributed by atoms with van der Waals surface area (Å²) in [6.07, 6.45) is 5.07. The molecule has 0 rings (SSSR count). The van der Waals surface area contributed by atoms with Gasteiger partial charge in [-0.15, -0.1) is 0 Å². The Hall–Kier alpha value is -1.05. The standard InChI is InChI=1S/C8H12O2/c1-7(2)3-4-8(10)5-6-9/h3-7,9H,1-2H3. The van der Waals surface area contributed by atoms with E-state index in [1.807, 2.05) is 13.8 Å². The van der Waals surface area contributed by atoms with Crippen molar-refractivity contribution in [2.45, 2.75) is 13.8 Å². The molecule has 2 nitrogen and oxygen atoms in total. The van der Waals surface area contributed by atoms with Gasteiger partial charge in [0.1, 0.15) is 0 Å². The Balaban J connectivity index is 3.78. The van der Waals surface area contributed by atoms with Crippen molar-refractivity contribution in [3.8, 4) is 0 Å². The number of carbonyl (C=O) groups is 1. The zero-order chi connectivity index (χ0) is 7.98. The first-order valence-electron chi connectivity index (χ1n) is 3.19. The van der Waals surface area contributed by atoms with Gasteiger partial charge in [-0.1, -0.05) is 19.9 Å². The van der Waals surface area contributed by atoms with Crippen LogP contribution in [0.3, 0.4) is 0 Å². The summed E-state index contributed by atoms with van der Waals surface area (Å²) >= 11 is 0. The molecular formula is C8H12O2. The Labute approximate surface area is 60.9 Å². The highest BCUT2D eigenvalue weighted by Gasteiger charge is 1.88. The first-order valence-corrected chi connectivity index (χ1v) is 3.19. The van der Waals surface area contributed by atoms with E-state index in [2.05, 4.69) is 0 Å². The molecule has 0 fully saturated rings.